The molecular formula is C23H29N3O4S. The Morgan fingerprint density at radius 2 is 1.74 bits per heavy atom. The first-order valence-corrected chi connectivity index (χ1v) is 11.7. The second-order valence-corrected chi connectivity index (χ2v) is 9.74. The smallest absolute Gasteiger partial charge is 0.328 e. The van der Waals surface area contributed by atoms with Gasteiger partial charge in [0.05, 0.1) is 4.90 Å². The van der Waals surface area contributed by atoms with Crippen LogP contribution < -0.4 is 4.90 Å². The zero-order valence-electron chi connectivity index (χ0n) is 17.9. The summed E-state index contributed by atoms with van der Waals surface area (Å²) in [4.78, 5) is 15.2. The van der Waals surface area contributed by atoms with Crippen molar-refractivity contribution in [2.75, 3.05) is 51.7 Å². The lowest BCUT2D eigenvalue weighted by Gasteiger charge is -2.34. The molecule has 3 rings (SSSR count). The maximum Gasteiger partial charge on any atom is 0.328 e. The van der Waals surface area contributed by atoms with E-state index in [1.54, 1.807) is 18.2 Å². The summed E-state index contributed by atoms with van der Waals surface area (Å²) in [5.41, 5.74) is 2.99. The predicted molar refractivity (Wildman–Crippen MR) is 123 cm³/mol. The Morgan fingerprint density at radius 1 is 1.06 bits per heavy atom. The summed E-state index contributed by atoms with van der Waals surface area (Å²) >= 11 is 0. The third kappa shape index (κ3) is 6.16. The standard InChI is InChI=1S/C23H29N3O4S/c1-24(2)21-9-6-19(7-10-21)12-13-25-14-16-26(17-15-25)31(29,30)22-5-3-4-20(18-22)8-11-23(27)28/h3-11,18H,12-17H2,1-2H3,(H,27,28). The fourth-order valence-corrected chi connectivity index (χ4v) is 5.01. The number of carboxylic acid groups (broad SMARTS) is 1. The third-order valence-electron chi connectivity index (χ3n) is 5.41. The fraction of sp³-hybridized carbons (Fsp3) is 0.348. The van der Waals surface area contributed by atoms with Gasteiger partial charge in [0.2, 0.25) is 10.0 Å². The molecule has 31 heavy (non-hydrogen) atoms. The topological polar surface area (TPSA) is 81.2 Å². The molecule has 0 aromatic heterocycles. The van der Waals surface area contributed by atoms with Crippen molar-refractivity contribution in [3.63, 3.8) is 0 Å². The third-order valence-corrected chi connectivity index (χ3v) is 7.31. The number of carboxylic acids is 1. The van der Waals surface area contributed by atoms with Crippen molar-refractivity contribution in [1.29, 1.82) is 0 Å². The Kier molecular flexibility index (Phi) is 7.48. The molecule has 0 atom stereocenters. The van der Waals surface area contributed by atoms with Gasteiger partial charge < -0.3 is 14.9 Å². The van der Waals surface area contributed by atoms with Crippen molar-refractivity contribution < 1.29 is 18.3 Å². The minimum atomic E-state index is -3.61. The van der Waals surface area contributed by atoms with Crippen LogP contribution in [0.2, 0.25) is 0 Å². The number of carbonyl (C=O) groups is 1. The van der Waals surface area contributed by atoms with Crippen LogP contribution in [0.25, 0.3) is 6.08 Å². The van der Waals surface area contributed by atoms with E-state index in [-0.39, 0.29) is 4.90 Å². The Hall–Kier alpha value is -2.68. The lowest BCUT2D eigenvalue weighted by molar-refractivity contribution is -0.131. The van der Waals surface area contributed by atoms with Crippen molar-refractivity contribution in [2.45, 2.75) is 11.3 Å². The van der Waals surface area contributed by atoms with E-state index >= 15 is 0 Å². The number of anilines is 1. The summed E-state index contributed by atoms with van der Waals surface area (Å²) in [6.07, 6.45) is 3.32. The second-order valence-electron chi connectivity index (χ2n) is 7.80. The Morgan fingerprint density at radius 3 is 2.35 bits per heavy atom. The normalized spacial score (nSPS) is 15.9. The quantitative estimate of drug-likeness (QED) is 0.631. The van der Waals surface area contributed by atoms with E-state index in [0.717, 1.165) is 19.0 Å². The zero-order chi connectivity index (χ0) is 22.4. The highest BCUT2D eigenvalue weighted by Gasteiger charge is 2.28. The molecule has 0 bridgehead atoms. The van der Waals surface area contributed by atoms with Crippen LogP contribution in [0, 0.1) is 0 Å². The molecule has 2 aromatic carbocycles. The highest BCUT2D eigenvalue weighted by Crippen LogP contribution is 2.20. The van der Waals surface area contributed by atoms with Gasteiger partial charge in [-0.25, -0.2) is 13.2 Å². The molecule has 0 radical (unpaired) electrons. The number of aliphatic carboxylic acids is 1. The van der Waals surface area contributed by atoms with E-state index in [0.29, 0.717) is 31.7 Å². The van der Waals surface area contributed by atoms with E-state index in [2.05, 4.69) is 34.1 Å². The van der Waals surface area contributed by atoms with Crippen molar-refractivity contribution in [3.8, 4) is 0 Å². The molecule has 1 N–H and O–H groups in total. The van der Waals surface area contributed by atoms with Crippen LogP contribution in [-0.4, -0.2) is 75.5 Å². The number of benzene rings is 2. The van der Waals surface area contributed by atoms with E-state index in [9.17, 15) is 13.2 Å². The maximum atomic E-state index is 13.0. The van der Waals surface area contributed by atoms with Gasteiger partial charge in [-0.15, -0.1) is 0 Å². The molecule has 1 aliphatic rings. The molecule has 0 saturated carbocycles. The summed E-state index contributed by atoms with van der Waals surface area (Å²) in [6.45, 7) is 3.15. The number of rotatable bonds is 8. The van der Waals surface area contributed by atoms with Gasteiger partial charge >= 0.3 is 5.97 Å². The van der Waals surface area contributed by atoms with Gasteiger partial charge in [0, 0.05) is 58.6 Å². The summed E-state index contributed by atoms with van der Waals surface area (Å²) < 4.78 is 27.5. The minimum Gasteiger partial charge on any atom is -0.478 e. The average Bonchev–Trinajstić information content (AvgIpc) is 2.77. The first kappa shape index (κ1) is 23.0. The van der Waals surface area contributed by atoms with Crippen LogP contribution in [0.3, 0.4) is 0 Å². The Labute approximate surface area is 184 Å². The molecule has 0 amide bonds. The first-order valence-electron chi connectivity index (χ1n) is 10.3. The molecule has 0 spiro atoms. The monoisotopic (exact) mass is 443 g/mol. The molecule has 0 unspecified atom stereocenters. The van der Waals surface area contributed by atoms with Crippen molar-refractivity contribution >= 4 is 27.8 Å². The summed E-state index contributed by atoms with van der Waals surface area (Å²) in [5, 5.41) is 8.76. The minimum absolute atomic E-state index is 0.189. The van der Waals surface area contributed by atoms with E-state index in [4.69, 9.17) is 5.11 Å². The molecule has 7 nitrogen and oxygen atoms in total. The molecular weight excluding hydrogens is 414 g/mol. The van der Waals surface area contributed by atoms with E-state index < -0.39 is 16.0 Å². The largest absolute Gasteiger partial charge is 0.478 e. The summed E-state index contributed by atoms with van der Waals surface area (Å²) in [6, 6.07) is 14.9. The number of hydrogen-bond acceptors (Lipinski definition) is 5. The summed E-state index contributed by atoms with van der Waals surface area (Å²) in [7, 11) is 0.433. The van der Waals surface area contributed by atoms with Crippen LogP contribution in [-0.2, 0) is 21.2 Å². The fourth-order valence-electron chi connectivity index (χ4n) is 3.54. The highest BCUT2D eigenvalue weighted by atomic mass is 32.2. The van der Waals surface area contributed by atoms with Crippen molar-refractivity contribution in [2.24, 2.45) is 0 Å². The predicted octanol–water partition coefficient (Wildman–Crippen LogP) is 2.40. The van der Waals surface area contributed by atoms with E-state index in [1.807, 2.05) is 14.1 Å². The molecule has 1 fully saturated rings. The van der Waals surface area contributed by atoms with Gasteiger partial charge in [0.25, 0.3) is 0 Å². The van der Waals surface area contributed by atoms with Gasteiger partial charge in [-0.3, -0.25) is 0 Å². The van der Waals surface area contributed by atoms with Crippen molar-refractivity contribution in [1.82, 2.24) is 9.21 Å². The van der Waals surface area contributed by atoms with Gasteiger partial charge in [-0.2, -0.15) is 4.31 Å². The lowest BCUT2D eigenvalue weighted by Crippen LogP contribution is -2.49. The van der Waals surface area contributed by atoms with Gasteiger partial charge in [-0.1, -0.05) is 24.3 Å². The molecule has 8 heteroatoms. The van der Waals surface area contributed by atoms with Crippen LogP contribution in [0.1, 0.15) is 11.1 Å². The molecule has 1 saturated heterocycles. The molecule has 166 valence electrons. The molecule has 0 aliphatic carbocycles. The Balaban J connectivity index is 1.56. The summed E-state index contributed by atoms with van der Waals surface area (Å²) in [5.74, 6) is -1.07. The van der Waals surface area contributed by atoms with E-state index in [1.165, 1.54) is 27.7 Å². The van der Waals surface area contributed by atoms with Crippen molar-refractivity contribution in [3.05, 3.63) is 65.7 Å². The highest BCUT2D eigenvalue weighted by molar-refractivity contribution is 7.89. The van der Waals surface area contributed by atoms with Crippen LogP contribution in [0.15, 0.2) is 59.5 Å². The number of nitrogens with zero attached hydrogens (tertiary/aromatic N) is 3. The first-order chi connectivity index (χ1) is 14.8. The van der Waals surface area contributed by atoms with Gasteiger partial charge in [0.15, 0.2) is 0 Å². The lowest BCUT2D eigenvalue weighted by atomic mass is 10.1. The van der Waals surface area contributed by atoms with Gasteiger partial charge in [-0.05, 0) is 47.9 Å². The van der Waals surface area contributed by atoms with Crippen LogP contribution in [0.4, 0.5) is 5.69 Å². The zero-order valence-corrected chi connectivity index (χ0v) is 18.8. The average molecular weight is 444 g/mol. The van der Waals surface area contributed by atoms with Crippen LogP contribution >= 0.6 is 0 Å². The molecule has 2 aromatic rings. The number of sulfonamides is 1. The maximum absolute atomic E-state index is 13.0. The number of hydrogen-bond donors (Lipinski definition) is 1. The van der Waals surface area contributed by atoms with Crippen LogP contribution in [0.5, 0.6) is 0 Å². The molecule has 1 aliphatic heterocycles. The SMILES string of the molecule is CN(C)c1ccc(CCN2CCN(S(=O)(=O)c3cccc(C=CC(=O)O)c3)CC2)cc1. The van der Waals surface area contributed by atoms with Gasteiger partial charge in [0.1, 0.15) is 0 Å². The molecule has 1 heterocycles. The number of piperazine rings is 1. The second kappa shape index (κ2) is 10.1. The Bertz CT molecular complexity index is 1030.